The third kappa shape index (κ3) is 3.60. The smallest absolute Gasteiger partial charge is 0.238 e. The number of carbonyl (C=O) groups excluding carboxylic acids is 1. The van der Waals surface area contributed by atoms with Crippen LogP contribution in [0, 0.1) is 13.8 Å². The highest BCUT2D eigenvalue weighted by molar-refractivity contribution is 5.93. The Hall–Kier alpha value is -1.35. The van der Waals surface area contributed by atoms with Crippen molar-refractivity contribution in [1.82, 2.24) is 4.90 Å². The number of para-hydroxylation sites is 1. The Morgan fingerprint density at radius 3 is 2.65 bits per heavy atom. The number of benzene rings is 1. The molecule has 20 heavy (non-hydrogen) atoms. The Morgan fingerprint density at radius 2 is 2.00 bits per heavy atom. The molecule has 1 aromatic carbocycles. The quantitative estimate of drug-likeness (QED) is 0.911. The fraction of sp³-hybridized carbons (Fsp3) is 0.588. The van der Waals surface area contributed by atoms with Gasteiger partial charge in [-0.1, -0.05) is 31.5 Å². The SMILES string of the molecule is CCC1CCCCN1CC(=O)Nc1c(C)cccc1C. The summed E-state index contributed by atoms with van der Waals surface area (Å²) in [7, 11) is 0. The van der Waals surface area contributed by atoms with Gasteiger partial charge in [0.2, 0.25) is 5.91 Å². The number of nitrogens with one attached hydrogen (secondary N) is 1. The van der Waals surface area contributed by atoms with E-state index in [2.05, 4.69) is 17.1 Å². The minimum absolute atomic E-state index is 0.114. The highest BCUT2D eigenvalue weighted by Gasteiger charge is 2.22. The minimum Gasteiger partial charge on any atom is -0.324 e. The zero-order chi connectivity index (χ0) is 14.5. The average Bonchev–Trinajstić information content (AvgIpc) is 2.44. The predicted molar refractivity (Wildman–Crippen MR) is 84.0 cm³/mol. The molecule has 1 amide bonds. The second kappa shape index (κ2) is 6.89. The summed E-state index contributed by atoms with van der Waals surface area (Å²) in [6.07, 6.45) is 4.88. The number of amides is 1. The van der Waals surface area contributed by atoms with E-state index in [1.807, 2.05) is 32.0 Å². The van der Waals surface area contributed by atoms with Crippen LogP contribution in [0.2, 0.25) is 0 Å². The van der Waals surface area contributed by atoms with Gasteiger partial charge in [0.15, 0.2) is 0 Å². The zero-order valence-electron chi connectivity index (χ0n) is 12.9. The van der Waals surface area contributed by atoms with E-state index < -0.39 is 0 Å². The number of rotatable bonds is 4. The molecule has 0 spiro atoms. The van der Waals surface area contributed by atoms with Crippen LogP contribution in [0.5, 0.6) is 0 Å². The van der Waals surface area contributed by atoms with Gasteiger partial charge in [0.1, 0.15) is 0 Å². The van der Waals surface area contributed by atoms with E-state index in [1.165, 1.54) is 19.3 Å². The Morgan fingerprint density at radius 1 is 1.30 bits per heavy atom. The highest BCUT2D eigenvalue weighted by Crippen LogP contribution is 2.21. The number of likely N-dealkylation sites (tertiary alicyclic amines) is 1. The summed E-state index contributed by atoms with van der Waals surface area (Å²) in [6, 6.07) is 6.68. The van der Waals surface area contributed by atoms with Gasteiger partial charge in [-0.15, -0.1) is 0 Å². The molecule has 1 fully saturated rings. The average molecular weight is 274 g/mol. The second-order valence-corrected chi connectivity index (χ2v) is 5.84. The van der Waals surface area contributed by atoms with Gasteiger partial charge in [0, 0.05) is 11.7 Å². The summed E-state index contributed by atoms with van der Waals surface area (Å²) in [5.41, 5.74) is 3.23. The summed E-state index contributed by atoms with van der Waals surface area (Å²) in [4.78, 5) is 14.6. The molecule has 2 rings (SSSR count). The van der Waals surface area contributed by atoms with Gasteiger partial charge >= 0.3 is 0 Å². The van der Waals surface area contributed by atoms with Gasteiger partial charge in [-0.25, -0.2) is 0 Å². The van der Waals surface area contributed by atoms with E-state index >= 15 is 0 Å². The molecule has 1 heterocycles. The molecule has 3 heteroatoms. The summed E-state index contributed by atoms with van der Waals surface area (Å²) in [5, 5.41) is 3.09. The van der Waals surface area contributed by atoms with E-state index in [9.17, 15) is 4.79 Å². The lowest BCUT2D eigenvalue weighted by Crippen LogP contribution is -2.43. The second-order valence-electron chi connectivity index (χ2n) is 5.84. The molecule has 1 aromatic rings. The first-order valence-electron chi connectivity index (χ1n) is 7.72. The highest BCUT2D eigenvalue weighted by atomic mass is 16.2. The number of hydrogen-bond donors (Lipinski definition) is 1. The molecule has 1 aliphatic heterocycles. The van der Waals surface area contributed by atoms with E-state index in [4.69, 9.17) is 0 Å². The maximum Gasteiger partial charge on any atom is 0.238 e. The molecule has 1 saturated heterocycles. The van der Waals surface area contributed by atoms with Gasteiger partial charge in [0.05, 0.1) is 6.54 Å². The lowest BCUT2D eigenvalue weighted by Gasteiger charge is -2.34. The molecule has 0 bridgehead atoms. The Kier molecular flexibility index (Phi) is 5.18. The minimum atomic E-state index is 0.114. The van der Waals surface area contributed by atoms with Crippen LogP contribution in [0.3, 0.4) is 0 Å². The predicted octanol–water partition coefficient (Wildman–Crippen LogP) is 3.51. The van der Waals surface area contributed by atoms with E-state index in [1.54, 1.807) is 0 Å². The number of anilines is 1. The maximum absolute atomic E-state index is 12.3. The van der Waals surface area contributed by atoms with Gasteiger partial charge in [-0.3, -0.25) is 9.69 Å². The van der Waals surface area contributed by atoms with E-state index in [0.29, 0.717) is 12.6 Å². The van der Waals surface area contributed by atoms with Gasteiger partial charge in [-0.05, 0) is 50.8 Å². The van der Waals surface area contributed by atoms with Crippen LogP contribution in [0.1, 0.15) is 43.7 Å². The number of piperidine rings is 1. The van der Waals surface area contributed by atoms with Crippen LogP contribution in [-0.2, 0) is 4.79 Å². The molecule has 1 atom stereocenters. The largest absolute Gasteiger partial charge is 0.324 e. The van der Waals surface area contributed by atoms with Crippen LogP contribution in [0.25, 0.3) is 0 Å². The fourth-order valence-corrected chi connectivity index (χ4v) is 3.11. The normalized spacial score (nSPS) is 19.9. The number of carbonyl (C=O) groups is 1. The van der Waals surface area contributed by atoms with Gasteiger partial charge in [-0.2, -0.15) is 0 Å². The molecule has 0 radical (unpaired) electrons. The standard InChI is InChI=1S/C17H26N2O/c1-4-15-10-5-6-11-19(15)12-16(20)18-17-13(2)8-7-9-14(17)3/h7-9,15H,4-6,10-12H2,1-3H3,(H,18,20). The van der Waals surface area contributed by atoms with Crippen LogP contribution < -0.4 is 5.32 Å². The first-order valence-corrected chi connectivity index (χ1v) is 7.72. The van der Waals surface area contributed by atoms with Gasteiger partial charge in [0.25, 0.3) is 0 Å². The first-order chi connectivity index (χ1) is 9.61. The van der Waals surface area contributed by atoms with Crippen molar-refractivity contribution in [1.29, 1.82) is 0 Å². The number of nitrogens with zero attached hydrogens (tertiary/aromatic N) is 1. The molecule has 1 N–H and O–H groups in total. The topological polar surface area (TPSA) is 32.3 Å². The molecule has 0 aromatic heterocycles. The molecule has 0 aliphatic carbocycles. The molecule has 1 aliphatic rings. The summed E-state index contributed by atoms with van der Waals surface area (Å²) >= 11 is 0. The van der Waals surface area contributed by atoms with Crippen molar-refractivity contribution in [3.8, 4) is 0 Å². The fourth-order valence-electron chi connectivity index (χ4n) is 3.11. The van der Waals surface area contributed by atoms with Crippen molar-refractivity contribution in [3.05, 3.63) is 29.3 Å². The zero-order valence-corrected chi connectivity index (χ0v) is 12.9. The van der Waals surface area contributed by atoms with Crippen molar-refractivity contribution >= 4 is 11.6 Å². The van der Waals surface area contributed by atoms with Crippen LogP contribution in [0.15, 0.2) is 18.2 Å². The lowest BCUT2D eigenvalue weighted by molar-refractivity contribution is -0.118. The number of hydrogen-bond acceptors (Lipinski definition) is 2. The summed E-state index contributed by atoms with van der Waals surface area (Å²) in [6.45, 7) is 7.87. The van der Waals surface area contributed by atoms with Gasteiger partial charge < -0.3 is 5.32 Å². The van der Waals surface area contributed by atoms with Crippen LogP contribution >= 0.6 is 0 Å². The van der Waals surface area contributed by atoms with Crippen LogP contribution in [0.4, 0.5) is 5.69 Å². The van der Waals surface area contributed by atoms with Crippen molar-refractivity contribution in [2.24, 2.45) is 0 Å². The molecule has 0 saturated carbocycles. The maximum atomic E-state index is 12.3. The number of aryl methyl sites for hydroxylation is 2. The Bertz CT molecular complexity index is 450. The van der Waals surface area contributed by atoms with Crippen molar-refractivity contribution in [2.45, 2.75) is 52.5 Å². The Labute approximate surface area is 122 Å². The third-order valence-corrected chi connectivity index (χ3v) is 4.31. The van der Waals surface area contributed by atoms with Crippen LogP contribution in [-0.4, -0.2) is 29.9 Å². The molecule has 1 unspecified atom stereocenters. The van der Waals surface area contributed by atoms with E-state index in [-0.39, 0.29) is 5.91 Å². The lowest BCUT2D eigenvalue weighted by atomic mass is 10.00. The van der Waals surface area contributed by atoms with Crippen molar-refractivity contribution < 1.29 is 4.79 Å². The van der Waals surface area contributed by atoms with Crippen molar-refractivity contribution in [2.75, 3.05) is 18.4 Å². The monoisotopic (exact) mass is 274 g/mol. The first kappa shape index (κ1) is 15.0. The molecular weight excluding hydrogens is 248 g/mol. The summed E-state index contributed by atoms with van der Waals surface area (Å²) < 4.78 is 0. The van der Waals surface area contributed by atoms with E-state index in [0.717, 1.165) is 29.8 Å². The molecule has 110 valence electrons. The Balaban J connectivity index is 1.98. The molecular formula is C17H26N2O. The summed E-state index contributed by atoms with van der Waals surface area (Å²) in [5.74, 6) is 0.114. The third-order valence-electron chi connectivity index (χ3n) is 4.31. The molecule has 3 nitrogen and oxygen atoms in total. The van der Waals surface area contributed by atoms with Crippen molar-refractivity contribution in [3.63, 3.8) is 0 Å².